The van der Waals surface area contributed by atoms with Gasteiger partial charge in [-0.25, -0.2) is 13.4 Å². The van der Waals surface area contributed by atoms with E-state index in [9.17, 15) is 22.8 Å². The van der Waals surface area contributed by atoms with Gasteiger partial charge < -0.3 is 14.6 Å². The number of nitrogens with one attached hydrogen (secondary N) is 1. The van der Waals surface area contributed by atoms with Crippen LogP contribution in [0.25, 0.3) is 0 Å². The molecule has 0 aliphatic carbocycles. The van der Waals surface area contributed by atoms with Crippen molar-refractivity contribution in [3.8, 4) is 0 Å². The Labute approximate surface area is 168 Å². The van der Waals surface area contributed by atoms with Crippen molar-refractivity contribution in [1.29, 1.82) is 0 Å². The average Bonchev–Trinajstić information content (AvgIpc) is 2.96. The summed E-state index contributed by atoms with van der Waals surface area (Å²) in [5.74, 6) is -0.443. The maximum Gasteiger partial charge on any atom is 0.311 e. The Morgan fingerprint density at radius 3 is 2.71 bits per heavy atom. The Morgan fingerprint density at radius 2 is 2.14 bits per heavy atom. The highest BCUT2D eigenvalue weighted by molar-refractivity contribution is 7.99. The van der Waals surface area contributed by atoms with Gasteiger partial charge in [0.15, 0.2) is 15.0 Å². The third kappa shape index (κ3) is 6.62. The second-order valence-electron chi connectivity index (χ2n) is 7.08. The van der Waals surface area contributed by atoms with Crippen LogP contribution < -0.4 is 5.56 Å². The molecule has 9 nitrogen and oxygen atoms in total. The predicted octanol–water partition coefficient (Wildman–Crippen LogP) is 0.249. The Hall–Kier alpha value is -1.88. The molecule has 1 atom stereocenters. The number of nitrogens with zero attached hydrogens (tertiary/aromatic N) is 2. The molecule has 28 heavy (non-hydrogen) atoms. The maximum atomic E-state index is 12.8. The minimum Gasteiger partial charge on any atom is -0.469 e. The summed E-state index contributed by atoms with van der Waals surface area (Å²) in [5.41, 5.74) is -0.170. The summed E-state index contributed by atoms with van der Waals surface area (Å²) in [6.45, 7) is 4.39. The van der Waals surface area contributed by atoms with Crippen molar-refractivity contribution in [3.05, 3.63) is 22.1 Å². The summed E-state index contributed by atoms with van der Waals surface area (Å²) in [7, 11) is -1.86. The van der Waals surface area contributed by atoms with Crippen LogP contribution in [0.2, 0.25) is 0 Å². The fourth-order valence-corrected chi connectivity index (χ4v) is 5.46. The largest absolute Gasteiger partial charge is 0.469 e. The second kappa shape index (κ2) is 9.55. The van der Waals surface area contributed by atoms with Crippen LogP contribution in [0.5, 0.6) is 0 Å². The molecule has 0 unspecified atom stereocenters. The number of H-pyrrole nitrogens is 1. The normalized spacial score (nSPS) is 18.2. The zero-order valence-corrected chi connectivity index (χ0v) is 17.8. The van der Waals surface area contributed by atoms with Gasteiger partial charge in [-0.3, -0.25) is 14.4 Å². The molecule has 1 fully saturated rings. The first kappa shape index (κ1) is 22.4. The van der Waals surface area contributed by atoms with Crippen molar-refractivity contribution >= 4 is 33.5 Å². The quantitative estimate of drug-likeness (QED) is 0.353. The molecule has 0 radical (unpaired) electrons. The number of sulfone groups is 1. The van der Waals surface area contributed by atoms with Gasteiger partial charge in [0, 0.05) is 18.7 Å². The van der Waals surface area contributed by atoms with E-state index < -0.39 is 21.4 Å². The molecule has 1 saturated heterocycles. The van der Waals surface area contributed by atoms with Crippen molar-refractivity contribution in [2.75, 3.05) is 30.9 Å². The Bertz CT molecular complexity index is 881. The van der Waals surface area contributed by atoms with Crippen LogP contribution in [0.3, 0.4) is 0 Å². The van der Waals surface area contributed by atoms with Gasteiger partial charge in [-0.15, -0.1) is 0 Å². The average molecular weight is 432 g/mol. The molecular formula is C17H25N3O6S2. The van der Waals surface area contributed by atoms with E-state index in [0.717, 1.165) is 11.8 Å². The number of hydrogen-bond donors (Lipinski definition) is 1. The molecule has 2 heterocycles. The van der Waals surface area contributed by atoms with Gasteiger partial charge in [0.25, 0.3) is 5.56 Å². The maximum absolute atomic E-state index is 12.8. The molecule has 1 aromatic heterocycles. The Kier molecular flexibility index (Phi) is 7.64. The number of carbonyl (C=O) groups excluding carboxylic acids is 2. The third-order valence-electron chi connectivity index (χ3n) is 4.19. The number of aromatic amines is 1. The fourth-order valence-electron chi connectivity index (χ4n) is 2.94. The Balaban J connectivity index is 2.07. The molecule has 1 amide bonds. The van der Waals surface area contributed by atoms with E-state index in [2.05, 4.69) is 14.7 Å². The first-order valence-electron chi connectivity index (χ1n) is 8.89. The fraction of sp³-hybridized carbons (Fsp3) is 0.647. The third-order valence-corrected chi connectivity index (χ3v) is 6.80. The van der Waals surface area contributed by atoms with Crippen LogP contribution in [0.1, 0.15) is 26.0 Å². The lowest BCUT2D eigenvalue weighted by molar-refractivity contribution is -0.139. The van der Waals surface area contributed by atoms with E-state index in [-0.39, 0.29) is 52.4 Å². The molecule has 0 aromatic carbocycles. The summed E-state index contributed by atoms with van der Waals surface area (Å²) in [5, 5.41) is 0.225. The number of amides is 1. The van der Waals surface area contributed by atoms with E-state index in [4.69, 9.17) is 0 Å². The lowest BCUT2D eigenvalue weighted by Crippen LogP contribution is -2.44. The first-order chi connectivity index (χ1) is 13.1. The van der Waals surface area contributed by atoms with Crippen LogP contribution in [0, 0.1) is 5.92 Å². The minimum absolute atomic E-state index is 0.00782. The number of methoxy groups -OCH3 is 1. The van der Waals surface area contributed by atoms with Crippen LogP contribution >= 0.6 is 11.8 Å². The van der Waals surface area contributed by atoms with E-state index in [0.29, 0.717) is 13.0 Å². The van der Waals surface area contributed by atoms with Gasteiger partial charge in [0.05, 0.1) is 36.5 Å². The molecule has 0 spiro atoms. The molecule has 11 heteroatoms. The lowest BCUT2D eigenvalue weighted by Gasteiger charge is -2.29. The highest BCUT2D eigenvalue weighted by Crippen LogP contribution is 2.21. The summed E-state index contributed by atoms with van der Waals surface area (Å²) >= 11 is 1.05. The standard InChI is InChI=1S/C17H25N3O6S2/c1-11(2)8-20(13-4-5-28(24,25)10-13)15(22)9-27-17-18-12(6-14(21)19-17)7-16(23)26-3/h6,11,13H,4-5,7-10H2,1-3H3,(H,18,19,21)/t13-/m0/s1. The predicted molar refractivity (Wildman–Crippen MR) is 105 cm³/mol. The van der Waals surface area contributed by atoms with Crippen molar-refractivity contribution in [2.24, 2.45) is 5.92 Å². The van der Waals surface area contributed by atoms with Gasteiger partial charge in [-0.05, 0) is 12.3 Å². The monoisotopic (exact) mass is 431 g/mol. The van der Waals surface area contributed by atoms with Crippen molar-refractivity contribution in [1.82, 2.24) is 14.9 Å². The molecule has 1 aliphatic heterocycles. The van der Waals surface area contributed by atoms with Crippen molar-refractivity contribution in [2.45, 2.75) is 37.9 Å². The molecule has 0 saturated carbocycles. The SMILES string of the molecule is COC(=O)Cc1cc(=O)[nH]c(SCC(=O)N(CC(C)C)[C@H]2CCS(=O)(=O)C2)n1. The summed E-state index contributed by atoms with van der Waals surface area (Å²) < 4.78 is 28.1. The number of rotatable bonds is 8. The number of carbonyl (C=O) groups is 2. The van der Waals surface area contributed by atoms with Gasteiger partial charge in [0.1, 0.15) is 0 Å². The Morgan fingerprint density at radius 1 is 1.43 bits per heavy atom. The number of hydrogen-bond acceptors (Lipinski definition) is 8. The van der Waals surface area contributed by atoms with Gasteiger partial charge in [-0.2, -0.15) is 0 Å². The van der Waals surface area contributed by atoms with E-state index in [1.165, 1.54) is 13.2 Å². The van der Waals surface area contributed by atoms with Crippen LogP contribution in [-0.4, -0.2) is 72.1 Å². The van der Waals surface area contributed by atoms with E-state index in [1.807, 2.05) is 13.8 Å². The first-order valence-corrected chi connectivity index (χ1v) is 11.7. The molecule has 1 aliphatic rings. The van der Waals surface area contributed by atoms with Crippen LogP contribution in [0.4, 0.5) is 0 Å². The number of esters is 1. The van der Waals surface area contributed by atoms with Gasteiger partial charge >= 0.3 is 5.97 Å². The zero-order valence-electron chi connectivity index (χ0n) is 16.1. The number of aromatic nitrogens is 2. The second-order valence-corrected chi connectivity index (χ2v) is 10.3. The summed E-state index contributed by atoms with van der Waals surface area (Å²) in [4.78, 5) is 44.2. The van der Waals surface area contributed by atoms with Gasteiger partial charge in [0.2, 0.25) is 5.91 Å². The molecule has 2 rings (SSSR count). The van der Waals surface area contributed by atoms with Crippen molar-refractivity contribution in [3.63, 3.8) is 0 Å². The minimum atomic E-state index is -3.11. The topological polar surface area (TPSA) is 126 Å². The lowest BCUT2D eigenvalue weighted by atomic mass is 10.1. The molecule has 0 bridgehead atoms. The van der Waals surface area contributed by atoms with Crippen LogP contribution in [-0.2, 0) is 30.6 Å². The molecule has 1 N–H and O–H groups in total. The van der Waals surface area contributed by atoms with Crippen LogP contribution in [0.15, 0.2) is 16.0 Å². The van der Waals surface area contributed by atoms with E-state index >= 15 is 0 Å². The van der Waals surface area contributed by atoms with Gasteiger partial charge in [-0.1, -0.05) is 25.6 Å². The molecular weight excluding hydrogens is 406 g/mol. The smallest absolute Gasteiger partial charge is 0.311 e. The highest BCUT2D eigenvalue weighted by Gasteiger charge is 2.34. The summed E-state index contributed by atoms with van der Waals surface area (Å²) in [6.07, 6.45) is 0.302. The van der Waals surface area contributed by atoms with E-state index in [1.54, 1.807) is 4.90 Å². The summed E-state index contributed by atoms with van der Waals surface area (Å²) in [6, 6.07) is 0.884. The highest BCUT2D eigenvalue weighted by atomic mass is 32.2. The number of thioether (sulfide) groups is 1. The molecule has 1 aromatic rings. The van der Waals surface area contributed by atoms with Crippen molar-refractivity contribution < 1.29 is 22.7 Å². The molecule has 156 valence electrons. The zero-order chi connectivity index (χ0) is 20.9. The number of ether oxygens (including phenoxy) is 1.